The lowest BCUT2D eigenvalue weighted by Gasteiger charge is -2.23. The smallest absolute Gasteiger partial charge is 0.302 e. The van der Waals surface area contributed by atoms with E-state index in [1.165, 1.54) is 17.3 Å². The van der Waals surface area contributed by atoms with Crippen LogP contribution < -0.4 is 9.64 Å². The van der Waals surface area contributed by atoms with Crippen LogP contribution in [-0.4, -0.2) is 33.4 Å². The number of halogens is 1. The molecule has 31 heavy (non-hydrogen) atoms. The van der Waals surface area contributed by atoms with Crippen molar-refractivity contribution >= 4 is 35.0 Å². The zero-order valence-electron chi connectivity index (χ0n) is 16.5. The minimum atomic E-state index is -0.911. The van der Waals surface area contributed by atoms with Gasteiger partial charge < -0.3 is 9.84 Å². The minimum absolute atomic E-state index is 0.0519. The lowest BCUT2D eigenvalue weighted by atomic mass is 9.95. The van der Waals surface area contributed by atoms with Gasteiger partial charge >= 0.3 is 5.91 Å². The van der Waals surface area contributed by atoms with Crippen molar-refractivity contribution in [2.45, 2.75) is 13.0 Å². The maximum absolute atomic E-state index is 13.0. The van der Waals surface area contributed by atoms with Crippen LogP contribution >= 0.6 is 11.6 Å². The molecule has 1 aliphatic heterocycles. The fourth-order valence-corrected chi connectivity index (χ4v) is 3.57. The van der Waals surface area contributed by atoms with Crippen molar-refractivity contribution in [2.75, 3.05) is 11.5 Å². The van der Waals surface area contributed by atoms with E-state index in [0.717, 1.165) is 0 Å². The number of carbonyl (C=O) groups is 2. The summed E-state index contributed by atoms with van der Waals surface area (Å²) < 4.78 is 5.42. The average Bonchev–Trinajstić information content (AvgIpc) is 3.06. The van der Waals surface area contributed by atoms with Gasteiger partial charge in [-0.1, -0.05) is 23.7 Å². The summed E-state index contributed by atoms with van der Waals surface area (Å²) in [4.78, 5) is 35.4. The number of aliphatic hydroxyl groups excluding tert-OH is 1. The number of carbonyl (C=O) groups excluding carboxylic acids is 2. The van der Waals surface area contributed by atoms with Gasteiger partial charge in [0.05, 0.1) is 18.2 Å². The Labute approximate surface area is 183 Å². The average molecular weight is 436 g/mol. The van der Waals surface area contributed by atoms with Crippen LogP contribution in [-0.2, 0) is 9.59 Å². The molecule has 1 atom stereocenters. The third-order valence-electron chi connectivity index (χ3n) is 4.84. The number of rotatable bonds is 5. The van der Waals surface area contributed by atoms with Gasteiger partial charge in [0.2, 0.25) is 5.95 Å². The van der Waals surface area contributed by atoms with Crippen molar-refractivity contribution in [3.63, 3.8) is 0 Å². The molecule has 1 fully saturated rings. The monoisotopic (exact) mass is 435 g/mol. The molecular formula is C23H18ClN3O4. The van der Waals surface area contributed by atoms with Gasteiger partial charge in [-0.2, -0.15) is 0 Å². The van der Waals surface area contributed by atoms with Gasteiger partial charge in [0, 0.05) is 23.0 Å². The normalized spacial score (nSPS) is 17.7. The molecule has 3 aromatic rings. The number of aliphatic hydroxyl groups is 1. The van der Waals surface area contributed by atoms with Gasteiger partial charge in [0.25, 0.3) is 5.78 Å². The summed E-state index contributed by atoms with van der Waals surface area (Å²) >= 11 is 6.02. The summed E-state index contributed by atoms with van der Waals surface area (Å²) in [6.07, 6.45) is 2.96. The maximum atomic E-state index is 13.0. The Bertz CT molecular complexity index is 1150. The lowest BCUT2D eigenvalue weighted by Crippen LogP contribution is -2.31. The SMILES string of the molecule is CCOc1ccc(/C(O)=C2\C(=O)C(=O)N(c3ncccn3)[C@@H]2c2ccc(Cl)cc2)cc1. The summed E-state index contributed by atoms with van der Waals surface area (Å²) in [5, 5.41) is 11.6. The Morgan fingerprint density at radius 1 is 1.06 bits per heavy atom. The molecule has 1 saturated heterocycles. The number of nitrogens with zero attached hydrogens (tertiary/aromatic N) is 3. The standard InChI is InChI=1S/C23H18ClN3O4/c1-2-31-17-10-6-15(7-11-17)20(28)18-19(14-4-8-16(24)9-5-14)27(22(30)21(18)29)23-25-12-3-13-26-23/h3-13,19,28H,2H2,1H3/b20-18+/t19-/m1/s1. The Morgan fingerprint density at radius 3 is 2.32 bits per heavy atom. The molecule has 0 radical (unpaired) electrons. The topological polar surface area (TPSA) is 92.6 Å². The van der Waals surface area contributed by atoms with Gasteiger partial charge in [-0.05, 0) is 55.0 Å². The second-order valence-corrected chi connectivity index (χ2v) is 7.16. The number of hydrogen-bond acceptors (Lipinski definition) is 6. The van der Waals surface area contributed by atoms with Crippen molar-refractivity contribution in [1.82, 2.24) is 9.97 Å². The number of ketones is 1. The van der Waals surface area contributed by atoms with Crippen molar-refractivity contribution in [2.24, 2.45) is 0 Å². The summed E-state index contributed by atoms with van der Waals surface area (Å²) in [5.41, 5.74) is 0.918. The molecule has 1 aromatic heterocycles. The lowest BCUT2D eigenvalue weighted by molar-refractivity contribution is -0.132. The molecule has 7 nitrogen and oxygen atoms in total. The zero-order valence-corrected chi connectivity index (χ0v) is 17.3. The first kappa shape index (κ1) is 20.6. The highest BCUT2D eigenvalue weighted by Crippen LogP contribution is 2.41. The highest BCUT2D eigenvalue weighted by atomic mass is 35.5. The molecule has 2 heterocycles. The van der Waals surface area contributed by atoms with Gasteiger partial charge in [-0.25, -0.2) is 9.97 Å². The van der Waals surface area contributed by atoms with Crippen LogP contribution in [0.5, 0.6) is 5.75 Å². The van der Waals surface area contributed by atoms with Crippen LogP contribution in [0.3, 0.4) is 0 Å². The van der Waals surface area contributed by atoms with Crippen LogP contribution in [0.1, 0.15) is 24.1 Å². The molecule has 8 heteroatoms. The molecule has 0 aliphatic carbocycles. The molecule has 1 amide bonds. The van der Waals surface area contributed by atoms with E-state index in [0.29, 0.717) is 28.5 Å². The molecule has 2 aromatic carbocycles. The quantitative estimate of drug-likeness (QED) is 0.367. The predicted octanol–water partition coefficient (Wildman–Crippen LogP) is 4.16. The minimum Gasteiger partial charge on any atom is -0.507 e. The third kappa shape index (κ3) is 3.87. The van der Waals surface area contributed by atoms with Crippen molar-refractivity contribution in [3.8, 4) is 5.75 Å². The van der Waals surface area contributed by atoms with E-state index in [1.807, 2.05) is 6.92 Å². The number of hydrogen-bond donors (Lipinski definition) is 1. The molecule has 156 valence electrons. The van der Waals surface area contributed by atoms with E-state index in [9.17, 15) is 14.7 Å². The molecule has 0 unspecified atom stereocenters. The number of amides is 1. The molecule has 0 saturated carbocycles. The first-order valence-electron chi connectivity index (χ1n) is 9.58. The second kappa shape index (κ2) is 8.57. The van der Waals surface area contributed by atoms with Crippen LogP contribution in [0.4, 0.5) is 5.95 Å². The Hall–Kier alpha value is -3.71. The number of Topliss-reactive ketones (excluding diaryl/α,β-unsaturated/α-hetero) is 1. The fraction of sp³-hybridized carbons (Fsp3) is 0.130. The number of ether oxygens (including phenoxy) is 1. The summed E-state index contributed by atoms with van der Waals surface area (Å²) in [5.74, 6) is -1.24. The van der Waals surface area contributed by atoms with Crippen LogP contribution in [0.25, 0.3) is 5.76 Å². The van der Waals surface area contributed by atoms with Gasteiger partial charge in [-0.3, -0.25) is 14.5 Å². The molecule has 0 bridgehead atoms. The van der Waals surface area contributed by atoms with E-state index >= 15 is 0 Å². The first-order chi connectivity index (χ1) is 15.0. The van der Waals surface area contributed by atoms with Crippen molar-refractivity contribution in [1.29, 1.82) is 0 Å². The van der Waals surface area contributed by atoms with Crippen molar-refractivity contribution < 1.29 is 19.4 Å². The largest absolute Gasteiger partial charge is 0.507 e. The fourth-order valence-electron chi connectivity index (χ4n) is 3.45. The summed E-state index contributed by atoms with van der Waals surface area (Å²) in [7, 11) is 0. The number of benzene rings is 2. The summed E-state index contributed by atoms with van der Waals surface area (Å²) in [6.45, 7) is 2.37. The van der Waals surface area contributed by atoms with E-state index in [1.54, 1.807) is 54.6 Å². The van der Waals surface area contributed by atoms with E-state index in [2.05, 4.69) is 9.97 Å². The summed E-state index contributed by atoms with van der Waals surface area (Å²) in [6, 6.07) is 14.0. The molecule has 1 N–H and O–H groups in total. The highest BCUT2D eigenvalue weighted by molar-refractivity contribution is 6.51. The van der Waals surface area contributed by atoms with Crippen molar-refractivity contribution in [3.05, 3.63) is 88.7 Å². The molecule has 0 spiro atoms. The highest BCUT2D eigenvalue weighted by Gasteiger charge is 2.48. The first-order valence-corrected chi connectivity index (χ1v) is 9.95. The Morgan fingerprint density at radius 2 is 1.71 bits per heavy atom. The second-order valence-electron chi connectivity index (χ2n) is 6.73. The number of aromatic nitrogens is 2. The predicted molar refractivity (Wildman–Crippen MR) is 116 cm³/mol. The van der Waals surface area contributed by atoms with Crippen LogP contribution in [0.2, 0.25) is 5.02 Å². The van der Waals surface area contributed by atoms with Crippen LogP contribution in [0, 0.1) is 0 Å². The van der Waals surface area contributed by atoms with Gasteiger partial charge in [0.1, 0.15) is 11.5 Å². The van der Waals surface area contributed by atoms with Gasteiger partial charge in [0.15, 0.2) is 0 Å². The Kier molecular flexibility index (Phi) is 5.68. The molecule has 4 rings (SSSR count). The molecular weight excluding hydrogens is 418 g/mol. The third-order valence-corrected chi connectivity index (χ3v) is 5.09. The van der Waals surface area contributed by atoms with Crippen LogP contribution in [0.15, 0.2) is 72.6 Å². The van der Waals surface area contributed by atoms with E-state index < -0.39 is 17.7 Å². The van der Waals surface area contributed by atoms with Gasteiger partial charge in [-0.15, -0.1) is 0 Å². The van der Waals surface area contributed by atoms with E-state index in [4.69, 9.17) is 16.3 Å². The maximum Gasteiger partial charge on any atom is 0.302 e. The van der Waals surface area contributed by atoms with E-state index in [-0.39, 0.29) is 17.3 Å². The Balaban J connectivity index is 1.88. The number of anilines is 1. The molecule has 1 aliphatic rings. The zero-order chi connectivity index (χ0) is 22.0.